The summed E-state index contributed by atoms with van der Waals surface area (Å²) in [5.41, 5.74) is 8.47. The number of nitrogen functional groups attached to an aromatic ring is 1. The number of nitrogens with zero attached hydrogens (tertiary/aromatic N) is 1. The molecule has 0 unspecified atom stereocenters. The molecular weight excluding hydrogens is 279 g/mol. The number of anilines is 1. The second-order valence-corrected chi connectivity index (χ2v) is 4.90. The Labute approximate surface area is 128 Å². The van der Waals surface area contributed by atoms with Gasteiger partial charge in [-0.2, -0.15) is 0 Å². The first-order chi connectivity index (χ1) is 10.7. The number of aromatic nitrogens is 1. The van der Waals surface area contributed by atoms with Crippen molar-refractivity contribution in [3.05, 3.63) is 78.2 Å². The van der Waals surface area contributed by atoms with E-state index in [1.54, 1.807) is 24.4 Å². The van der Waals surface area contributed by atoms with Crippen molar-refractivity contribution < 1.29 is 9.13 Å². The van der Waals surface area contributed by atoms with E-state index in [-0.39, 0.29) is 5.69 Å². The first-order valence-electron chi connectivity index (χ1n) is 6.90. The molecule has 1 aromatic heterocycles. The molecule has 0 aliphatic rings. The Kier molecular flexibility index (Phi) is 4.01. The predicted octanol–water partition coefficient (Wildman–Crippen LogP) is 4.05. The Bertz CT molecular complexity index is 758. The molecule has 4 heteroatoms. The Morgan fingerprint density at radius 2 is 1.73 bits per heavy atom. The summed E-state index contributed by atoms with van der Waals surface area (Å²) in [6.45, 7) is 0.469. The van der Waals surface area contributed by atoms with Gasteiger partial charge in [-0.15, -0.1) is 0 Å². The van der Waals surface area contributed by atoms with Crippen LogP contribution in [0.2, 0.25) is 0 Å². The monoisotopic (exact) mass is 294 g/mol. The van der Waals surface area contributed by atoms with Crippen LogP contribution in [0.5, 0.6) is 5.88 Å². The average molecular weight is 294 g/mol. The van der Waals surface area contributed by atoms with Crippen LogP contribution in [0, 0.1) is 5.82 Å². The van der Waals surface area contributed by atoms with Crippen molar-refractivity contribution in [2.75, 3.05) is 5.73 Å². The predicted molar refractivity (Wildman–Crippen MR) is 84.8 cm³/mol. The van der Waals surface area contributed by atoms with Crippen LogP contribution in [-0.4, -0.2) is 4.98 Å². The van der Waals surface area contributed by atoms with E-state index in [1.165, 1.54) is 6.07 Å². The molecule has 1 heterocycles. The summed E-state index contributed by atoms with van der Waals surface area (Å²) in [6, 6.07) is 18.2. The molecule has 22 heavy (non-hydrogen) atoms. The third-order valence-corrected chi connectivity index (χ3v) is 3.30. The summed E-state index contributed by atoms with van der Waals surface area (Å²) >= 11 is 0. The maximum atomic E-state index is 13.2. The summed E-state index contributed by atoms with van der Waals surface area (Å²) in [7, 11) is 0. The van der Waals surface area contributed by atoms with Crippen LogP contribution in [0.3, 0.4) is 0 Å². The molecule has 0 fully saturated rings. The largest absolute Gasteiger partial charge is 0.473 e. The molecule has 0 saturated heterocycles. The lowest BCUT2D eigenvalue weighted by Crippen LogP contribution is -1.97. The standard InChI is InChI=1S/C18H15FN2O/c19-16-8-6-14(10-17(16)20)15-7-9-18(21-11-15)22-12-13-4-2-1-3-5-13/h1-11H,12,20H2. The van der Waals surface area contributed by atoms with Crippen molar-refractivity contribution in [1.82, 2.24) is 4.98 Å². The first kappa shape index (κ1) is 14.1. The molecule has 110 valence electrons. The third-order valence-electron chi connectivity index (χ3n) is 3.30. The fraction of sp³-hybridized carbons (Fsp3) is 0.0556. The van der Waals surface area contributed by atoms with Crippen molar-refractivity contribution in [2.45, 2.75) is 6.61 Å². The highest BCUT2D eigenvalue weighted by molar-refractivity contribution is 5.67. The molecule has 3 aromatic rings. The second kappa shape index (κ2) is 6.26. The fourth-order valence-corrected chi connectivity index (χ4v) is 2.09. The smallest absolute Gasteiger partial charge is 0.213 e. The van der Waals surface area contributed by atoms with E-state index < -0.39 is 5.82 Å². The number of ether oxygens (including phenoxy) is 1. The van der Waals surface area contributed by atoms with Crippen LogP contribution in [0.1, 0.15) is 5.56 Å². The molecule has 2 N–H and O–H groups in total. The summed E-state index contributed by atoms with van der Waals surface area (Å²) < 4.78 is 18.8. The molecule has 0 amide bonds. The fourth-order valence-electron chi connectivity index (χ4n) is 2.09. The van der Waals surface area contributed by atoms with E-state index in [2.05, 4.69) is 4.98 Å². The number of halogens is 1. The molecule has 3 nitrogen and oxygen atoms in total. The molecule has 0 aliphatic heterocycles. The van der Waals surface area contributed by atoms with Gasteiger partial charge in [0.1, 0.15) is 12.4 Å². The van der Waals surface area contributed by atoms with Gasteiger partial charge in [0.2, 0.25) is 5.88 Å². The minimum atomic E-state index is -0.417. The van der Waals surface area contributed by atoms with E-state index in [0.29, 0.717) is 12.5 Å². The van der Waals surface area contributed by atoms with Crippen molar-refractivity contribution in [3.8, 4) is 17.0 Å². The van der Waals surface area contributed by atoms with Gasteiger partial charge in [0.15, 0.2) is 0 Å². The first-order valence-corrected chi connectivity index (χ1v) is 6.90. The van der Waals surface area contributed by atoms with E-state index in [4.69, 9.17) is 10.5 Å². The molecular formula is C18H15FN2O. The molecule has 0 saturated carbocycles. The molecule has 0 spiro atoms. The highest BCUT2D eigenvalue weighted by Gasteiger charge is 2.04. The number of pyridine rings is 1. The van der Waals surface area contributed by atoms with Crippen molar-refractivity contribution in [3.63, 3.8) is 0 Å². The number of hydrogen-bond donors (Lipinski definition) is 1. The van der Waals surface area contributed by atoms with Gasteiger partial charge >= 0.3 is 0 Å². The summed E-state index contributed by atoms with van der Waals surface area (Å²) in [5, 5.41) is 0. The zero-order valence-electron chi connectivity index (χ0n) is 11.9. The van der Waals surface area contributed by atoms with Gasteiger partial charge in [0.05, 0.1) is 5.69 Å². The van der Waals surface area contributed by atoms with Crippen LogP contribution in [0.25, 0.3) is 11.1 Å². The Hall–Kier alpha value is -2.88. The van der Waals surface area contributed by atoms with Gasteiger partial charge in [-0.05, 0) is 29.3 Å². The maximum Gasteiger partial charge on any atom is 0.213 e. The van der Waals surface area contributed by atoms with Gasteiger partial charge in [-0.1, -0.05) is 36.4 Å². The zero-order chi connectivity index (χ0) is 15.4. The Morgan fingerprint density at radius 1 is 0.955 bits per heavy atom. The number of hydrogen-bond acceptors (Lipinski definition) is 3. The Balaban J connectivity index is 1.71. The normalized spacial score (nSPS) is 10.4. The Morgan fingerprint density at radius 3 is 2.41 bits per heavy atom. The summed E-state index contributed by atoms with van der Waals surface area (Å²) in [6.07, 6.45) is 1.69. The van der Waals surface area contributed by atoms with Crippen molar-refractivity contribution in [1.29, 1.82) is 0 Å². The molecule has 0 radical (unpaired) electrons. The van der Waals surface area contributed by atoms with E-state index in [9.17, 15) is 4.39 Å². The minimum absolute atomic E-state index is 0.127. The third kappa shape index (κ3) is 3.23. The zero-order valence-corrected chi connectivity index (χ0v) is 11.9. The number of rotatable bonds is 4. The van der Waals surface area contributed by atoms with Crippen LogP contribution in [0.15, 0.2) is 66.9 Å². The number of benzene rings is 2. The van der Waals surface area contributed by atoms with Gasteiger partial charge in [-0.25, -0.2) is 9.37 Å². The highest BCUT2D eigenvalue weighted by Crippen LogP contribution is 2.24. The average Bonchev–Trinajstić information content (AvgIpc) is 2.57. The molecule has 3 rings (SSSR count). The molecule has 0 atom stereocenters. The van der Waals surface area contributed by atoms with Crippen LogP contribution in [0.4, 0.5) is 10.1 Å². The minimum Gasteiger partial charge on any atom is -0.473 e. The lowest BCUT2D eigenvalue weighted by Gasteiger charge is -2.07. The van der Waals surface area contributed by atoms with E-state index in [0.717, 1.165) is 16.7 Å². The molecule has 0 aliphatic carbocycles. The van der Waals surface area contributed by atoms with Crippen molar-refractivity contribution >= 4 is 5.69 Å². The quantitative estimate of drug-likeness (QED) is 0.738. The van der Waals surface area contributed by atoms with Gasteiger partial charge in [0.25, 0.3) is 0 Å². The maximum absolute atomic E-state index is 13.2. The molecule has 2 aromatic carbocycles. The lowest BCUT2D eigenvalue weighted by atomic mass is 10.1. The SMILES string of the molecule is Nc1cc(-c2ccc(OCc3ccccc3)nc2)ccc1F. The second-order valence-electron chi connectivity index (χ2n) is 4.90. The van der Waals surface area contributed by atoms with E-state index in [1.807, 2.05) is 36.4 Å². The topological polar surface area (TPSA) is 48.1 Å². The van der Waals surface area contributed by atoms with E-state index >= 15 is 0 Å². The van der Waals surface area contributed by atoms with Crippen LogP contribution >= 0.6 is 0 Å². The van der Waals surface area contributed by atoms with Crippen LogP contribution < -0.4 is 10.5 Å². The highest BCUT2D eigenvalue weighted by atomic mass is 19.1. The van der Waals surface area contributed by atoms with Gasteiger partial charge < -0.3 is 10.5 Å². The number of nitrogens with two attached hydrogens (primary N) is 1. The molecule has 0 bridgehead atoms. The summed E-state index contributed by atoms with van der Waals surface area (Å²) in [5.74, 6) is 0.127. The van der Waals surface area contributed by atoms with Gasteiger partial charge in [0, 0.05) is 17.8 Å². The summed E-state index contributed by atoms with van der Waals surface area (Å²) in [4.78, 5) is 4.27. The van der Waals surface area contributed by atoms with Crippen LogP contribution in [-0.2, 0) is 6.61 Å². The lowest BCUT2D eigenvalue weighted by molar-refractivity contribution is 0.294. The van der Waals surface area contributed by atoms with Crippen molar-refractivity contribution in [2.24, 2.45) is 0 Å². The van der Waals surface area contributed by atoms with Gasteiger partial charge in [-0.3, -0.25) is 0 Å².